The van der Waals surface area contributed by atoms with Crippen LogP contribution in [0.25, 0.3) is 10.9 Å². The number of carbonyl (C=O) groups excluding carboxylic acids is 2. The molecular weight excluding hydrogens is 454 g/mol. The Morgan fingerprint density at radius 3 is 2.61 bits per heavy atom. The van der Waals surface area contributed by atoms with E-state index in [4.69, 9.17) is 0 Å². The summed E-state index contributed by atoms with van der Waals surface area (Å²) in [7, 11) is 0. The van der Waals surface area contributed by atoms with Crippen molar-refractivity contribution in [3.63, 3.8) is 0 Å². The van der Waals surface area contributed by atoms with E-state index >= 15 is 0 Å². The molecule has 1 aromatic carbocycles. The lowest BCUT2D eigenvalue weighted by atomic mass is 9.80. The van der Waals surface area contributed by atoms with Crippen LogP contribution in [0.5, 0.6) is 0 Å². The smallest absolute Gasteiger partial charge is 0.264 e. The van der Waals surface area contributed by atoms with Gasteiger partial charge in [-0.05, 0) is 94.7 Å². The number of nitrogens with zero attached hydrogens (tertiary/aromatic N) is 2. The van der Waals surface area contributed by atoms with Crippen molar-refractivity contribution in [2.75, 3.05) is 18.4 Å². The molecule has 5 fully saturated rings. The van der Waals surface area contributed by atoms with Crippen molar-refractivity contribution in [3.8, 4) is 0 Å². The Hall–Kier alpha value is -2.74. The highest BCUT2D eigenvalue weighted by molar-refractivity contribution is 5.99. The summed E-state index contributed by atoms with van der Waals surface area (Å²) in [5, 5.41) is 10.3. The molecule has 7 rings (SSSR count). The fourth-order valence-corrected chi connectivity index (χ4v) is 7.87. The first-order valence-corrected chi connectivity index (χ1v) is 13.8. The summed E-state index contributed by atoms with van der Waals surface area (Å²) in [6, 6.07) is 4.93. The van der Waals surface area contributed by atoms with E-state index in [0.717, 1.165) is 49.4 Å². The van der Waals surface area contributed by atoms with Gasteiger partial charge in [-0.3, -0.25) is 24.3 Å². The number of fused-ring (bicyclic) bond motifs is 1. The molecule has 1 aromatic heterocycles. The van der Waals surface area contributed by atoms with Crippen molar-refractivity contribution in [2.24, 2.45) is 17.8 Å². The van der Waals surface area contributed by atoms with Gasteiger partial charge < -0.3 is 10.6 Å². The van der Waals surface area contributed by atoms with E-state index in [9.17, 15) is 14.4 Å². The molecule has 8 heteroatoms. The summed E-state index contributed by atoms with van der Waals surface area (Å²) < 4.78 is 1.45. The third-order valence-corrected chi connectivity index (χ3v) is 9.26. The van der Waals surface area contributed by atoms with Crippen molar-refractivity contribution in [1.82, 2.24) is 20.2 Å². The Morgan fingerprint density at radius 1 is 1.06 bits per heavy atom. The molecule has 4 saturated carbocycles. The first-order valence-electron chi connectivity index (χ1n) is 13.8. The van der Waals surface area contributed by atoms with Crippen LogP contribution in [0.15, 0.2) is 23.0 Å². The molecule has 36 heavy (non-hydrogen) atoms. The van der Waals surface area contributed by atoms with Crippen molar-refractivity contribution in [3.05, 3.63) is 34.4 Å². The Labute approximate surface area is 211 Å². The molecular formula is C28H37N5O3. The van der Waals surface area contributed by atoms with E-state index in [1.165, 1.54) is 43.1 Å². The number of amides is 2. The predicted molar refractivity (Wildman–Crippen MR) is 139 cm³/mol. The molecule has 2 heterocycles. The van der Waals surface area contributed by atoms with Gasteiger partial charge in [0.2, 0.25) is 11.8 Å². The second kappa shape index (κ2) is 9.29. The standard InChI is InChI=1S/C28H37N5O3/c1-17-31-22-7-5-6-21(25(22)27(36)33(17)23-8-9-24(34)32-26(23)35)29-10-3-2-4-11-30-28-15-18-12-19(16-28)14-20(28)13-18/h5-7,18-20,23,29-30H,2-4,8-16H2,1H3,(H,32,34,35). The van der Waals surface area contributed by atoms with Gasteiger partial charge in [0.1, 0.15) is 11.9 Å². The third-order valence-electron chi connectivity index (χ3n) is 9.26. The fraction of sp³-hybridized carbons (Fsp3) is 0.643. The van der Waals surface area contributed by atoms with Gasteiger partial charge >= 0.3 is 0 Å². The maximum Gasteiger partial charge on any atom is 0.264 e. The highest BCUT2D eigenvalue weighted by Gasteiger charge is 2.57. The van der Waals surface area contributed by atoms with Gasteiger partial charge in [0, 0.05) is 24.2 Å². The number of imide groups is 1. The number of rotatable bonds is 9. The van der Waals surface area contributed by atoms with Crippen LogP contribution in [0.1, 0.15) is 76.1 Å². The molecule has 1 aliphatic heterocycles. The number of hydrogen-bond acceptors (Lipinski definition) is 6. The number of carbonyl (C=O) groups is 2. The molecule has 3 atom stereocenters. The Morgan fingerprint density at radius 2 is 1.83 bits per heavy atom. The van der Waals surface area contributed by atoms with Gasteiger partial charge in [0.15, 0.2) is 0 Å². The summed E-state index contributed by atoms with van der Waals surface area (Å²) in [6.07, 6.45) is 11.1. The number of aromatic nitrogens is 2. The molecule has 0 radical (unpaired) electrons. The van der Waals surface area contributed by atoms with E-state index in [0.29, 0.717) is 28.7 Å². The Bertz CT molecular complexity index is 1240. The quantitative estimate of drug-likeness (QED) is 0.367. The van der Waals surface area contributed by atoms with E-state index in [1.54, 1.807) is 6.92 Å². The van der Waals surface area contributed by atoms with Gasteiger partial charge in [0.25, 0.3) is 5.56 Å². The van der Waals surface area contributed by atoms with Gasteiger partial charge in [-0.1, -0.05) is 12.5 Å². The van der Waals surface area contributed by atoms with Crippen LogP contribution in [-0.4, -0.2) is 40.0 Å². The average Bonchev–Trinajstić information content (AvgIpc) is 3.22. The second-order valence-corrected chi connectivity index (χ2v) is 11.6. The van der Waals surface area contributed by atoms with Crippen LogP contribution in [0.3, 0.4) is 0 Å². The van der Waals surface area contributed by atoms with E-state index in [-0.39, 0.29) is 17.9 Å². The van der Waals surface area contributed by atoms with Crippen LogP contribution >= 0.6 is 0 Å². The molecule has 5 aliphatic rings. The zero-order chi connectivity index (χ0) is 24.9. The van der Waals surface area contributed by atoms with E-state index < -0.39 is 11.9 Å². The van der Waals surface area contributed by atoms with Gasteiger partial charge in [-0.2, -0.15) is 0 Å². The van der Waals surface area contributed by atoms with Crippen LogP contribution in [-0.2, 0) is 9.59 Å². The predicted octanol–water partition coefficient (Wildman–Crippen LogP) is 3.43. The van der Waals surface area contributed by atoms with Crippen LogP contribution in [0.2, 0.25) is 0 Å². The lowest BCUT2D eigenvalue weighted by Gasteiger charge is -2.34. The molecule has 8 nitrogen and oxygen atoms in total. The normalized spacial score (nSPS) is 30.8. The number of anilines is 1. The van der Waals surface area contributed by atoms with E-state index in [1.807, 2.05) is 18.2 Å². The number of benzene rings is 1. The largest absolute Gasteiger partial charge is 0.384 e. The number of nitrogens with one attached hydrogen (secondary N) is 3. The number of aryl methyl sites for hydroxylation is 1. The summed E-state index contributed by atoms with van der Waals surface area (Å²) in [4.78, 5) is 42.2. The summed E-state index contributed by atoms with van der Waals surface area (Å²) in [6.45, 7) is 3.62. The van der Waals surface area contributed by atoms with Gasteiger partial charge in [-0.25, -0.2) is 4.98 Å². The maximum absolute atomic E-state index is 13.5. The van der Waals surface area contributed by atoms with Crippen LogP contribution < -0.4 is 21.5 Å². The molecule has 1 saturated heterocycles. The molecule has 0 spiro atoms. The zero-order valence-electron chi connectivity index (χ0n) is 21.1. The van der Waals surface area contributed by atoms with Crippen molar-refractivity contribution in [1.29, 1.82) is 0 Å². The van der Waals surface area contributed by atoms with Gasteiger partial charge in [-0.15, -0.1) is 0 Å². The zero-order valence-corrected chi connectivity index (χ0v) is 21.1. The fourth-order valence-electron chi connectivity index (χ4n) is 7.87. The van der Waals surface area contributed by atoms with Crippen molar-refractivity contribution < 1.29 is 9.59 Å². The topological polar surface area (TPSA) is 105 Å². The summed E-state index contributed by atoms with van der Waals surface area (Å²) in [5.41, 5.74) is 1.60. The highest BCUT2D eigenvalue weighted by Crippen LogP contribution is 2.60. The van der Waals surface area contributed by atoms with Crippen molar-refractivity contribution in [2.45, 2.75) is 82.7 Å². The average molecular weight is 492 g/mol. The minimum absolute atomic E-state index is 0.220. The minimum Gasteiger partial charge on any atom is -0.384 e. The minimum atomic E-state index is -0.711. The molecule has 4 aliphatic carbocycles. The molecule has 4 bridgehead atoms. The molecule has 3 N–H and O–H groups in total. The lowest BCUT2D eigenvalue weighted by Crippen LogP contribution is -2.46. The Balaban J connectivity index is 1.06. The third kappa shape index (κ3) is 4.13. The lowest BCUT2D eigenvalue weighted by molar-refractivity contribution is -0.135. The van der Waals surface area contributed by atoms with Crippen molar-refractivity contribution >= 4 is 28.4 Å². The van der Waals surface area contributed by atoms with Crippen LogP contribution in [0.4, 0.5) is 5.69 Å². The SMILES string of the molecule is Cc1nc2cccc(NCCCCCNC34CC5CC(CC3C5)C4)c2c(=O)n1C1CCC(=O)NC1=O. The number of hydrogen-bond donors (Lipinski definition) is 3. The second-order valence-electron chi connectivity index (χ2n) is 11.6. The molecule has 2 aromatic rings. The first-order chi connectivity index (χ1) is 17.4. The number of piperidine rings is 1. The maximum atomic E-state index is 13.5. The van der Waals surface area contributed by atoms with E-state index in [2.05, 4.69) is 20.9 Å². The molecule has 2 amide bonds. The number of unbranched alkanes of at least 4 members (excludes halogenated alkanes) is 2. The monoisotopic (exact) mass is 491 g/mol. The molecule has 3 unspecified atom stereocenters. The highest BCUT2D eigenvalue weighted by atomic mass is 16.2. The first kappa shape index (κ1) is 23.6. The summed E-state index contributed by atoms with van der Waals surface area (Å²) in [5.74, 6) is 2.65. The van der Waals surface area contributed by atoms with Gasteiger partial charge in [0.05, 0.1) is 10.9 Å². The van der Waals surface area contributed by atoms with Crippen LogP contribution in [0, 0.1) is 24.7 Å². The summed E-state index contributed by atoms with van der Waals surface area (Å²) >= 11 is 0. The Kier molecular flexibility index (Phi) is 6.10. The molecule has 192 valence electrons.